The van der Waals surface area contributed by atoms with Crippen molar-refractivity contribution < 1.29 is 46.6 Å². The summed E-state index contributed by atoms with van der Waals surface area (Å²) >= 11 is 0. The van der Waals surface area contributed by atoms with Crippen LogP contribution in [0.5, 0.6) is 0 Å². The molecule has 3 unspecified atom stereocenters. The average molecular weight is 373 g/mol. The van der Waals surface area contributed by atoms with Crippen LogP contribution in [0.2, 0.25) is 0 Å². The summed E-state index contributed by atoms with van der Waals surface area (Å²) in [6.07, 6.45) is -1.25. The van der Waals surface area contributed by atoms with Crippen molar-refractivity contribution >= 4 is 0 Å². The molecule has 0 aliphatic heterocycles. The van der Waals surface area contributed by atoms with Gasteiger partial charge in [0.2, 0.25) is 0 Å². The van der Waals surface area contributed by atoms with E-state index in [0.29, 0.717) is 13.1 Å². The van der Waals surface area contributed by atoms with E-state index in [2.05, 4.69) is 27.7 Å². The van der Waals surface area contributed by atoms with E-state index in [-0.39, 0.29) is 32.8 Å². The average Bonchev–Trinajstić information content (AvgIpc) is 2.15. The molecule has 7 heteroatoms. The van der Waals surface area contributed by atoms with E-state index in [9.17, 15) is 0 Å². The van der Waals surface area contributed by atoms with Crippen LogP contribution >= 0.6 is 0 Å². The predicted octanol–water partition coefficient (Wildman–Crippen LogP) is 0.411. The molecule has 0 aromatic rings. The van der Waals surface area contributed by atoms with Gasteiger partial charge in [-0.05, 0) is 6.54 Å². The summed E-state index contributed by atoms with van der Waals surface area (Å²) < 4.78 is 0. The normalized spacial score (nSPS) is 11.8. The summed E-state index contributed by atoms with van der Waals surface area (Å²) in [6.45, 7) is 18.3. The monoisotopic (exact) mass is 371 g/mol. The predicted molar refractivity (Wildman–Crippen MR) is 81.8 cm³/mol. The van der Waals surface area contributed by atoms with Crippen molar-refractivity contribution in [2.45, 2.75) is 39.1 Å². The van der Waals surface area contributed by atoms with E-state index >= 15 is 0 Å². The van der Waals surface area contributed by atoms with Gasteiger partial charge in [0.25, 0.3) is 0 Å². The minimum atomic E-state index is -0.417. The molecule has 0 aliphatic carbocycles. The van der Waals surface area contributed by atoms with Crippen LogP contribution in [0.15, 0.2) is 0 Å². The Morgan fingerprint density at radius 3 is 1.00 bits per heavy atom. The zero-order valence-corrected chi connectivity index (χ0v) is 15.5. The maximum Gasteiger partial charge on any atom is 0 e. The molecule has 0 rings (SSSR count). The van der Waals surface area contributed by atoms with Crippen molar-refractivity contribution in [3.05, 3.63) is 33.4 Å². The van der Waals surface area contributed by atoms with E-state index in [4.69, 9.17) is 31.9 Å². The van der Waals surface area contributed by atoms with E-state index < -0.39 is 18.3 Å². The Morgan fingerprint density at radius 2 is 1.00 bits per heavy atom. The molecule has 0 amide bonds. The first-order valence-electron chi connectivity index (χ1n) is 5.81. The van der Waals surface area contributed by atoms with Gasteiger partial charge in [-0.3, -0.25) is 0 Å². The fourth-order valence-electron chi connectivity index (χ4n) is 0. The van der Waals surface area contributed by atoms with Crippen LogP contribution in [0.1, 0.15) is 20.8 Å². The molecule has 3 atom stereocenters. The third-order valence-corrected chi connectivity index (χ3v) is 0.144. The topological polar surface area (TPSA) is 131 Å². The molecule has 0 radical (unpaired) electrons. The van der Waals surface area contributed by atoms with Crippen LogP contribution in [0, 0.1) is 27.7 Å². The second kappa shape index (κ2) is 42.7. The molecule has 128 valence electrons. The summed E-state index contributed by atoms with van der Waals surface area (Å²) in [5.41, 5.74) is 11.2. The van der Waals surface area contributed by atoms with Crippen molar-refractivity contribution in [3.8, 4) is 0 Å². The summed E-state index contributed by atoms with van der Waals surface area (Å²) in [6, 6.07) is 0. The summed E-state index contributed by atoms with van der Waals surface area (Å²) in [7, 11) is 0. The van der Waals surface area contributed by atoms with Gasteiger partial charge in [0.15, 0.2) is 0 Å². The van der Waals surface area contributed by atoms with Gasteiger partial charge < -0.3 is 59.6 Å². The van der Waals surface area contributed by atoms with Crippen LogP contribution < -0.4 is 5.73 Å². The van der Waals surface area contributed by atoms with Crippen LogP contribution in [-0.4, -0.2) is 58.4 Å². The molecule has 0 saturated carbocycles. The first-order chi connectivity index (χ1) is 8.52. The molecule has 0 aromatic carbocycles. The van der Waals surface area contributed by atoms with Gasteiger partial charge in [-0.25, -0.2) is 0 Å². The van der Waals surface area contributed by atoms with Crippen molar-refractivity contribution in [2.24, 2.45) is 5.73 Å². The minimum absolute atomic E-state index is 0. The number of nitrogens with two attached hydrogens (primary N) is 1. The van der Waals surface area contributed by atoms with Crippen molar-refractivity contribution in [3.63, 3.8) is 0 Å². The molecule has 7 N–H and O–H groups in total. The van der Waals surface area contributed by atoms with Gasteiger partial charge in [-0.2, -0.15) is 0 Å². The van der Waals surface area contributed by atoms with E-state index in [1.165, 1.54) is 0 Å². The number of nitrogens with one attached hydrogen (secondary N) is 1. The van der Waals surface area contributed by atoms with Crippen LogP contribution in [0.3, 0.4) is 0 Å². The largest absolute Gasteiger partial charge is 0.676 e. The number of rotatable bonds is 1. The molecular weight excluding hydrogens is 339 g/mol. The first-order valence-corrected chi connectivity index (χ1v) is 5.81. The quantitative estimate of drug-likeness (QED) is 0.426. The second-order valence-electron chi connectivity index (χ2n) is 3.31. The van der Waals surface area contributed by atoms with Crippen LogP contribution in [0.4, 0.5) is 0 Å². The summed E-state index contributed by atoms with van der Waals surface area (Å²) in [4.78, 5) is 0. The summed E-state index contributed by atoms with van der Waals surface area (Å²) in [5, 5.41) is 31.3. The zero-order valence-electron chi connectivity index (χ0n) is 13.0. The van der Waals surface area contributed by atoms with Gasteiger partial charge in [-0.1, -0.05) is 45.7 Å². The molecule has 0 bridgehead atoms. The molecular formula is C13H33N2O4Zr-5. The molecule has 0 fully saturated rings. The fraction of sp³-hybridized carbons (Fsp3) is 0.692. The van der Waals surface area contributed by atoms with Crippen molar-refractivity contribution in [2.75, 3.05) is 19.7 Å². The van der Waals surface area contributed by atoms with Gasteiger partial charge >= 0.3 is 0 Å². The van der Waals surface area contributed by atoms with Gasteiger partial charge in [0, 0.05) is 26.2 Å². The van der Waals surface area contributed by atoms with Crippen molar-refractivity contribution in [1.29, 1.82) is 0 Å². The van der Waals surface area contributed by atoms with Crippen LogP contribution in [-0.2, 0) is 26.2 Å². The molecule has 0 heterocycles. The second-order valence-corrected chi connectivity index (χ2v) is 3.31. The Balaban J connectivity index is -0.0000000304. The van der Waals surface area contributed by atoms with Gasteiger partial charge in [-0.15, -0.1) is 6.54 Å². The first kappa shape index (κ1) is 37.1. The van der Waals surface area contributed by atoms with Gasteiger partial charge in [0.1, 0.15) is 0 Å². The minimum Gasteiger partial charge on any atom is -0.676 e. The Kier molecular flexibility index (Phi) is 79.3. The Bertz CT molecular complexity index is 83.8. The Labute approximate surface area is 144 Å². The number of aliphatic hydroxyl groups is 4. The molecule has 6 nitrogen and oxygen atoms in total. The van der Waals surface area contributed by atoms with Crippen LogP contribution in [0.25, 0.3) is 5.73 Å². The fourth-order valence-corrected chi connectivity index (χ4v) is 0. The molecule has 0 spiro atoms. The maximum absolute atomic E-state index is 7.94. The standard InChI is InChI=1S/3C3H7O.C2H7N2.C2H5O.Zr/c3*1-3(2)4;3-1-2-4;1-2-3;/h3*3-4H,1H2,2H3;3H,1-2,4H2;3H,1-2H2;/q5*-1;. The third-order valence-electron chi connectivity index (χ3n) is 0.144. The number of aliphatic hydroxyl groups excluding tert-OH is 4. The van der Waals surface area contributed by atoms with E-state index in [1.807, 2.05) is 0 Å². The SMILES string of the molecule is [CH2-]C(C)O.[CH2-]C(C)O.[CH2-]C(C)O.[CH2-]CO.[NH-]CCN.[Zr]. The molecule has 20 heavy (non-hydrogen) atoms. The van der Waals surface area contributed by atoms with E-state index in [1.54, 1.807) is 20.8 Å². The smallest absolute Gasteiger partial charge is 0 e. The van der Waals surface area contributed by atoms with E-state index in [0.717, 1.165) is 0 Å². The summed E-state index contributed by atoms with van der Waals surface area (Å²) in [5.74, 6) is 0. The van der Waals surface area contributed by atoms with Gasteiger partial charge in [0.05, 0.1) is 0 Å². The molecule has 0 saturated heterocycles. The Morgan fingerprint density at radius 1 is 0.950 bits per heavy atom. The number of hydrogen-bond donors (Lipinski definition) is 5. The third kappa shape index (κ3) is 2150. The maximum atomic E-state index is 7.94. The van der Waals surface area contributed by atoms with Crippen molar-refractivity contribution in [1.82, 2.24) is 0 Å². The zero-order chi connectivity index (χ0) is 16.9. The molecule has 0 aromatic heterocycles. The number of hydrogen-bond acceptors (Lipinski definition) is 5. The Hall–Kier alpha value is 0.643. The molecule has 0 aliphatic rings.